The summed E-state index contributed by atoms with van der Waals surface area (Å²) < 4.78 is 0. The van der Waals surface area contributed by atoms with Gasteiger partial charge in [-0.2, -0.15) is 11.8 Å². The number of hydrogen-bond donors (Lipinski definition) is 2. The van der Waals surface area contributed by atoms with Gasteiger partial charge in [0.2, 0.25) is 0 Å². The third-order valence-corrected chi connectivity index (χ3v) is 4.77. The second-order valence-corrected chi connectivity index (χ2v) is 5.93. The molecule has 1 aromatic carbocycles. The van der Waals surface area contributed by atoms with Crippen LogP contribution in [0.1, 0.15) is 30.0 Å². The molecule has 0 aromatic heterocycles. The number of hydrogen-bond acceptors (Lipinski definition) is 3. The first kappa shape index (κ1) is 10.5. The molecular weight excluding hydrogens is 216 g/mol. The number of fused-ring (bicyclic) bond motifs is 1. The van der Waals surface area contributed by atoms with Gasteiger partial charge in [-0.25, -0.2) is 0 Å². The molecular formula is C13H18N2S. The summed E-state index contributed by atoms with van der Waals surface area (Å²) in [6.45, 7) is 0. The van der Waals surface area contributed by atoms with Crippen molar-refractivity contribution in [1.29, 1.82) is 0 Å². The van der Waals surface area contributed by atoms with E-state index >= 15 is 0 Å². The summed E-state index contributed by atoms with van der Waals surface area (Å²) in [5, 5.41) is 3.79. The van der Waals surface area contributed by atoms with E-state index in [0.29, 0.717) is 6.04 Å². The van der Waals surface area contributed by atoms with Crippen LogP contribution >= 0.6 is 11.8 Å². The van der Waals surface area contributed by atoms with Crippen LogP contribution in [0.4, 0.5) is 5.69 Å². The van der Waals surface area contributed by atoms with Gasteiger partial charge in [0.1, 0.15) is 0 Å². The van der Waals surface area contributed by atoms with E-state index in [1.165, 1.54) is 41.9 Å². The molecule has 1 fully saturated rings. The number of benzene rings is 1. The average Bonchev–Trinajstić information content (AvgIpc) is 2.89. The summed E-state index contributed by atoms with van der Waals surface area (Å²) >= 11 is 2.07. The highest BCUT2D eigenvalue weighted by molar-refractivity contribution is 7.99. The molecule has 2 unspecified atom stereocenters. The maximum atomic E-state index is 5.82. The normalized spacial score (nSPS) is 28.2. The molecule has 3 rings (SSSR count). The van der Waals surface area contributed by atoms with Crippen molar-refractivity contribution in [3.8, 4) is 0 Å². The Balaban J connectivity index is 1.75. The van der Waals surface area contributed by atoms with Gasteiger partial charge in [-0.05, 0) is 48.3 Å². The lowest BCUT2D eigenvalue weighted by Crippen LogP contribution is -2.31. The van der Waals surface area contributed by atoms with Crippen molar-refractivity contribution in [2.75, 3.05) is 17.2 Å². The number of rotatable bonds is 2. The molecule has 0 saturated carbocycles. The van der Waals surface area contributed by atoms with Crippen LogP contribution in [-0.4, -0.2) is 17.5 Å². The van der Waals surface area contributed by atoms with E-state index in [1.54, 1.807) is 0 Å². The molecule has 1 heterocycles. The quantitative estimate of drug-likeness (QED) is 0.771. The predicted molar refractivity (Wildman–Crippen MR) is 70.8 cm³/mol. The Kier molecular flexibility index (Phi) is 2.82. The second-order valence-electron chi connectivity index (χ2n) is 4.78. The lowest BCUT2D eigenvalue weighted by atomic mass is 10.1. The Hall–Kier alpha value is -0.670. The van der Waals surface area contributed by atoms with Gasteiger partial charge in [-0.15, -0.1) is 0 Å². The Morgan fingerprint density at radius 3 is 3.06 bits per heavy atom. The molecule has 0 amide bonds. The van der Waals surface area contributed by atoms with Crippen LogP contribution in [0.15, 0.2) is 18.2 Å². The van der Waals surface area contributed by atoms with Crippen LogP contribution in [0.25, 0.3) is 0 Å². The van der Waals surface area contributed by atoms with Crippen molar-refractivity contribution < 1.29 is 0 Å². The molecule has 16 heavy (non-hydrogen) atoms. The van der Waals surface area contributed by atoms with Crippen molar-refractivity contribution in [3.05, 3.63) is 29.3 Å². The lowest BCUT2D eigenvalue weighted by molar-refractivity contribution is 0.459. The Bertz CT molecular complexity index is 386. The van der Waals surface area contributed by atoms with Crippen LogP contribution in [0.5, 0.6) is 0 Å². The highest BCUT2D eigenvalue weighted by Crippen LogP contribution is 2.33. The van der Waals surface area contributed by atoms with Crippen molar-refractivity contribution in [3.63, 3.8) is 0 Å². The summed E-state index contributed by atoms with van der Waals surface area (Å²) in [4.78, 5) is 0. The number of anilines is 1. The zero-order valence-electron chi connectivity index (χ0n) is 9.41. The van der Waals surface area contributed by atoms with E-state index in [9.17, 15) is 0 Å². The summed E-state index contributed by atoms with van der Waals surface area (Å²) in [6, 6.07) is 7.66. The third kappa shape index (κ3) is 1.94. The van der Waals surface area contributed by atoms with Crippen LogP contribution in [0.2, 0.25) is 0 Å². The fourth-order valence-electron chi connectivity index (χ4n) is 2.76. The molecule has 2 aliphatic rings. The summed E-state index contributed by atoms with van der Waals surface area (Å²) in [5.41, 5.74) is 9.64. The average molecular weight is 234 g/mol. The number of nitrogens with one attached hydrogen (secondary N) is 1. The largest absolute Gasteiger partial charge is 0.399 e. The molecule has 0 bridgehead atoms. The fourth-order valence-corrected chi connectivity index (χ4v) is 3.93. The molecule has 2 nitrogen and oxygen atoms in total. The Labute approximate surface area is 101 Å². The molecule has 1 saturated heterocycles. The van der Waals surface area contributed by atoms with E-state index < -0.39 is 0 Å². The highest BCUT2D eigenvalue weighted by Gasteiger charge is 2.26. The number of thioether (sulfide) groups is 1. The van der Waals surface area contributed by atoms with Gasteiger partial charge in [0.05, 0.1) is 0 Å². The van der Waals surface area contributed by atoms with E-state index in [1.807, 2.05) is 6.07 Å². The second kappa shape index (κ2) is 4.30. The molecule has 3 heteroatoms. The van der Waals surface area contributed by atoms with Crippen LogP contribution in [0, 0.1) is 0 Å². The zero-order valence-corrected chi connectivity index (χ0v) is 10.2. The van der Waals surface area contributed by atoms with Crippen molar-refractivity contribution in [1.82, 2.24) is 5.32 Å². The van der Waals surface area contributed by atoms with Crippen LogP contribution < -0.4 is 11.1 Å². The number of aryl methyl sites for hydroxylation is 1. The smallest absolute Gasteiger partial charge is 0.0328 e. The Morgan fingerprint density at radius 1 is 1.31 bits per heavy atom. The van der Waals surface area contributed by atoms with Crippen molar-refractivity contribution >= 4 is 17.4 Å². The highest BCUT2D eigenvalue weighted by atomic mass is 32.2. The van der Waals surface area contributed by atoms with E-state index in [2.05, 4.69) is 29.2 Å². The maximum absolute atomic E-state index is 5.82. The molecule has 3 N–H and O–H groups in total. The topological polar surface area (TPSA) is 38.0 Å². The molecule has 2 atom stereocenters. The van der Waals surface area contributed by atoms with Crippen LogP contribution in [-0.2, 0) is 6.42 Å². The maximum Gasteiger partial charge on any atom is 0.0328 e. The minimum atomic E-state index is 0.569. The first-order valence-corrected chi connectivity index (χ1v) is 7.20. The zero-order chi connectivity index (χ0) is 11.0. The molecule has 86 valence electrons. The SMILES string of the molecule is Nc1ccc2c(c1)CCC2NC1CCSC1. The number of nitrogens with two attached hydrogens (primary N) is 1. The summed E-state index contributed by atoms with van der Waals surface area (Å²) in [5.74, 6) is 2.60. The lowest BCUT2D eigenvalue weighted by Gasteiger charge is -2.19. The van der Waals surface area contributed by atoms with Gasteiger partial charge in [0.25, 0.3) is 0 Å². The van der Waals surface area contributed by atoms with E-state index in [4.69, 9.17) is 5.73 Å². The molecule has 1 aliphatic carbocycles. The monoisotopic (exact) mass is 234 g/mol. The van der Waals surface area contributed by atoms with E-state index in [0.717, 1.165) is 11.7 Å². The number of nitrogen functional groups attached to an aromatic ring is 1. The van der Waals surface area contributed by atoms with Gasteiger partial charge in [0.15, 0.2) is 0 Å². The molecule has 0 radical (unpaired) electrons. The summed E-state index contributed by atoms with van der Waals surface area (Å²) in [6.07, 6.45) is 3.74. The third-order valence-electron chi connectivity index (χ3n) is 3.61. The van der Waals surface area contributed by atoms with Gasteiger partial charge in [-0.1, -0.05) is 6.07 Å². The molecule has 0 spiro atoms. The standard InChI is InChI=1S/C13H18N2S/c14-10-2-3-12-9(7-10)1-4-13(12)15-11-5-6-16-8-11/h2-3,7,11,13,15H,1,4-6,8,14H2. The minimum Gasteiger partial charge on any atom is -0.399 e. The van der Waals surface area contributed by atoms with E-state index in [-0.39, 0.29) is 0 Å². The predicted octanol–water partition coefficient (Wildman–Crippen LogP) is 2.35. The summed E-state index contributed by atoms with van der Waals surface area (Å²) in [7, 11) is 0. The minimum absolute atomic E-state index is 0.569. The van der Waals surface area contributed by atoms with Gasteiger partial charge >= 0.3 is 0 Å². The van der Waals surface area contributed by atoms with Gasteiger partial charge in [-0.3, -0.25) is 0 Å². The van der Waals surface area contributed by atoms with Gasteiger partial charge < -0.3 is 11.1 Å². The first-order valence-electron chi connectivity index (χ1n) is 6.05. The van der Waals surface area contributed by atoms with Crippen LogP contribution in [0.3, 0.4) is 0 Å². The van der Waals surface area contributed by atoms with Gasteiger partial charge in [0, 0.05) is 23.5 Å². The van der Waals surface area contributed by atoms with Crippen molar-refractivity contribution in [2.45, 2.75) is 31.3 Å². The first-order chi connectivity index (χ1) is 7.83. The van der Waals surface area contributed by atoms with Crippen molar-refractivity contribution in [2.24, 2.45) is 0 Å². The molecule has 1 aliphatic heterocycles. The molecule has 1 aromatic rings. The fraction of sp³-hybridized carbons (Fsp3) is 0.538. The Morgan fingerprint density at radius 2 is 2.25 bits per heavy atom.